The number of hydrogen-bond donors (Lipinski definition) is 2. The van der Waals surface area contributed by atoms with Crippen molar-refractivity contribution in [2.24, 2.45) is 5.84 Å². The Labute approximate surface area is 108 Å². The summed E-state index contributed by atoms with van der Waals surface area (Å²) in [5.41, 5.74) is 4.94. The minimum absolute atomic E-state index is 0.765. The van der Waals surface area contributed by atoms with E-state index in [1.54, 1.807) is 11.3 Å². The van der Waals surface area contributed by atoms with Crippen LogP contribution in [0.2, 0.25) is 0 Å². The van der Waals surface area contributed by atoms with E-state index >= 15 is 0 Å². The highest BCUT2D eigenvalue weighted by Crippen LogP contribution is 2.35. The highest BCUT2D eigenvalue weighted by Gasteiger charge is 2.20. The minimum atomic E-state index is 0.765. The Bertz CT molecular complexity index is 565. The molecule has 0 amide bonds. The monoisotopic (exact) mass is 264 g/mol. The second-order valence-electron chi connectivity index (χ2n) is 3.87. The Morgan fingerprint density at radius 3 is 2.88 bits per heavy atom. The first-order valence-corrected chi connectivity index (χ1v) is 7.26. The number of rotatable bonds is 2. The van der Waals surface area contributed by atoms with Crippen molar-refractivity contribution in [3.8, 4) is 10.7 Å². The van der Waals surface area contributed by atoms with Crippen molar-refractivity contribution < 1.29 is 0 Å². The molecule has 2 aromatic heterocycles. The number of aromatic nitrogens is 2. The molecule has 0 unspecified atom stereocenters. The van der Waals surface area contributed by atoms with E-state index in [0.717, 1.165) is 39.3 Å². The van der Waals surface area contributed by atoms with Crippen molar-refractivity contribution in [2.75, 3.05) is 5.43 Å². The van der Waals surface area contributed by atoms with Gasteiger partial charge < -0.3 is 5.43 Å². The maximum atomic E-state index is 5.53. The number of aryl methyl sites for hydroxylation is 1. The van der Waals surface area contributed by atoms with Crippen molar-refractivity contribution in [1.29, 1.82) is 0 Å². The number of hydrogen-bond acceptors (Lipinski definition) is 6. The van der Waals surface area contributed by atoms with Gasteiger partial charge in [0.25, 0.3) is 0 Å². The summed E-state index contributed by atoms with van der Waals surface area (Å²) < 4.78 is 0. The number of fused-ring (bicyclic) bond motifs is 1. The molecule has 6 heteroatoms. The van der Waals surface area contributed by atoms with Crippen LogP contribution < -0.4 is 11.3 Å². The van der Waals surface area contributed by atoms with Gasteiger partial charge in [-0.15, -0.1) is 11.3 Å². The van der Waals surface area contributed by atoms with E-state index < -0.39 is 0 Å². The third kappa shape index (κ3) is 1.92. The number of thioether (sulfide) groups is 1. The van der Waals surface area contributed by atoms with Crippen molar-refractivity contribution in [1.82, 2.24) is 9.97 Å². The Hall–Kier alpha value is -1.11. The van der Waals surface area contributed by atoms with Crippen molar-refractivity contribution in [3.05, 3.63) is 28.3 Å². The van der Waals surface area contributed by atoms with Crippen LogP contribution in [0.3, 0.4) is 0 Å². The van der Waals surface area contributed by atoms with Gasteiger partial charge in [0.05, 0.1) is 10.6 Å². The molecule has 3 rings (SSSR count). The Balaban J connectivity index is 2.12. The van der Waals surface area contributed by atoms with Crippen LogP contribution in [0.1, 0.15) is 16.1 Å². The molecular weight excluding hydrogens is 252 g/mol. The van der Waals surface area contributed by atoms with Crippen molar-refractivity contribution in [3.63, 3.8) is 0 Å². The Morgan fingerprint density at radius 1 is 1.29 bits per heavy atom. The van der Waals surface area contributed by atoms with E-state index in [9.17, 15) is 0 Å². The van der Waals surface area contributed by atoms with E-state index in [0.29, 0.717) is 0 Å². The number of nitrogen functional groups attached to an aromatic ring is 1. The standard InChI is InChI=1S/C11H12N4S2/c1-6-2-3-9(17-6)11-13-8-5-16-4-7(8)10(14-11)15-12/h2-3H,4-5,12H2,1H3,(H,13,14,15). The first-order valence-electron chi connectivity index (χ1n) is 5.29. The summed E-state index contributed by atoms with van der Waals surface area (Å²) in [5.74, 6) is 8.96. The predicted molar refractivity (Wildman–Crippen MR) is 72.9 cm³/mol. The summed E-state index contributed by atoms with van der Waals surface area (Å²) in [4.78, 5) is 11.5. The summed E-state index contributed by atoms with van der Waals surface area (Å²) in [6, 6.07) is 4.14. The normalized spacial score (nSPS) is 13.8. The summed E-state index contributed by atoms with van der Waals surface area (Å²) in [5, 5.41) is 0. The first-order chi connectivity index (χ1) is 8.28. The largest absolute Gasteiger partial charge is 0.308 e. The zero-order chi connectivity index (χ0) is 11.8. The van der Waals surface area contributed by atoms with E-state index in [1.807, 2.05) is 11.8 Å². The molecule has 0 atom stereocenters. The molecule has 88 valence electrons. The molecule has 2 aromatic rings. The van der Waals surface area contributed by atoms with Gasteiger partial charge in [-0.05, 0) is 19.1 Å². The first kappa shape index (κ1) is 11.0. The maximum Gasteiger partial charge on any atom is 0.171 e. The molecule has 4 nitrogen and oxygen atoms in total. The Morgan fingerprint density at radius 2 is 2.18 bits per heavy atom. The zero-order valence-corrected chi connectivity index (χ0v) is 11.0. The molecule has 0 aliphatic carbocycles. The molecule has 0 saturated carbocycles. The number of nitrogens with zero attached hydrogens (tertiary/aromatic N) is 2. The minimum Gasteiger partial charge on any atom is -0.308 e. The summed E-state index contributed by atoms with van der Waals surface area (Å²) in [7, 11) is 0. The molecule has 0 spiro atoms. The van der Waals surface area contributed by atoms with Gasteiger partial charge in [-0.1, -0.05) is 0 Å². The fourth-order valence-corrected chi connectivity index (χ4v) is 3.68. The van der Waals surface area contributed by atoms with E-state index in [2.05, 4.69) is 34.5 Å². The van der Waals surface area contributed by atoms with Gasteiger partial charge in [0.15, 0.2) is 5.82 Å². The number of anilines is 1. The van der Waals surface area contributed by atoms with Gasteiger partial charge in [-0.2, -0.15) is 11.8 Å². The lowest BCUT2D eigenvalue weighted by Crippen LogP contribution is -2.12. The van der Waals surface area contributed by atoms with E-state index in [-0.39, 0.29) is 0 Å². The van der Waals surface area contributed by atoms with Gasteiger partial charge in [-0.3, -0.25) is 0 Å². The second kappa shape index (κ2) is 4.29. The third-order valence-electron chi connectivity index (χ3n) is 2.68. The molecule has 0 aromatic carbocycles. The lowest BCUT2D eigenvalue weighted by Gasteiger charge is -2.07. The van der Waals surface area contributed by atoms with Crippen LogP contribution >= 0.6 is 23.1 Å². The molecule has 1 aliphatic rings. The molecule has 0 saturated heterocycles. The van der Waals surface area contributed by atoms with E-state index in [4.69, 9.17) is 5.84 Å². The van der Waals surface area contributed by atoms with Crippen LogP contribution in [0.25, 0.3) is 10.7 Å². The fourth-order valence-electron chi connectivity index (χ4n) is 1.84. The van der Waals surface area contributed by atoms with Gasteiger partial charge in [0.2, 0.25) is 0 Å². The molecule has 0 radical (unpaired) electrons. The fraction of sp³-hybridized carbons (Fsp3) is 0.273. The van der Waals surface area contributed by atoms with Gasteiger partial charge >= 0.3 is 0 Å². The second-order valence-corrected chi connectivity index (χ2v) is 6.14. The lowest BCUT2D eigenvalue weighted by atomic mass is 10.2. The SMILES string of the molecule is Cc1ccc(-c2nc3c(c(NN)n2)CSC3)s1. The molecular formula is C11H12N4S2. The van der Waals surface area contributed by atoms with Crippen LogP contribution in [0.4, 0.5) is 5.82 Å². The summed E-state index contributed by atoms with van der Waals surface area (Å²) in [6.07, 6.45) is 0. The lowest BCUT2D eigenvalue weighted by molar-refractivity contribution is 1.06. The molecule has 1 aliphatic heterocycles. The molecule has 3 heterocycles. The number of thiophene rings is 1. The average Bonchev–Trinajstić information content (AvgIpc) is 2.95. The highest BCUT2D eigenvalue weighted by molar-refractivity contribution is 7.98. The highest BCUT2D eigenvalue weighted by atomic mass is 32.2. The van der Waals surface area contributed by atoms with E-state index in [1.165, 1.54) is 4.88 Å². The quantitative estimate of drug-likeness (QED) is 0.644. The predicted octanol–water partition coefficient (Wildman–Crippen LogP) is 2.55. The zero-order valence-electron chi connectivity index (χ0n) is 9.36. The average molecular weight is 264 g/mol. The Kier molecular flexibility index (Phi) is 2.78. The van der Waals surface area contributed by atoms with Gasteiger partial charge in [0.1, 0.15) is 5.82 Å². The topological polar surface area (TPSA) is 63.8 Å². The molecule has 0 bridgehead atoms. The molecule has 3 N–H and O–H groups in total. The van der Waals surface area contributed by atoms with Crippen LogP contribution in [0, 0.1) is 6.92 Å². The maximum absolute atomic E-state index is 5.53. The summed E-state index contributed by atoms with van der Waals surface area (Å²) in [6.45, 7) is 2.08. The molecule has 17 heavy (non-hydrogen) atoms. The third-order valence-corrected chi connectivity index (χ3v) is 4.64. The number of nitrogens with two attached hydrogens (primary N) is 1. The molecule has 0 fully saturated rings. The number of hydrazine groups is 1. The number of nitrogens with one attached hydrogen (secondary N) is 1. The van der Waals surface area contributed by atoms with Gasteiger partial charge in [0, 0.05) is 21.9 Å². The van der Waals surface area contributed by atoms with Crippen molar-refractivity contribution in [2.45, 2.75) is 18.4 Å². The van der Waals surface area contributed by atoms with Crippen LogP contribution in [0.15, 0.2) is 12.1 Å². The van der Waals surface area contributed by atoms with Crippen LogP contribution in [-0.2, 0) is 11.5 Å². The van der Waals surface area contributed by atoms with Crippen LogP contribution in [-0.4, -0.2) is 9.97 Å². The van der Waals surface area contributed by atoms with Crippen LogP contribution in [0.5, 0.6) is 0 Å². The van der Waals surface area contributed by atoms with Crippen molar-refractivity contribution >= 4 is 28.9 Å². The van der Waals surface area contributed by atoms with Gasteiger partial charge in [-0.25, -0.2) is 15.8 Å². The smallest absolute Gasteiger partial charge is 0.171 e. The summed E-state index contributed by atoms with van der Waals surface area (Å²) >= 11 is 3.55.